The number of anilines is 1. The minimum Gasteiger partial charge on any atom is -0.489 e. The third-order valence-electron chi connectivity index (χ3n) is 5.48. The summed E-state index contributed by atoms with van der Waals surface area (Å²) in [6, 6.07) is 26.8. The van der Waals surface area contributed by atoms with Gasteiger partial charge in [-0.1, -0.05) is 75.0 Å². The molecule has 4 aromatic carbocycles. The fourth-order valence-electron chi connectivity index (χ4n) is 3.47. The summed E-state index contributed by atoms with van der Waals surface area (Å²) in [6.45, 7) is 0.535. The van der Waals surface area contributed by atoms with Crippen LogP contribution in [0.25, 0.3) is 6.08 Å². The zero-order valence-electron chi connectivity index (χ0n) is 20.3. The van der Waals surface area contributed by atoms with Gasteiger partial charge in [0.05, 0.1) is 10.0 Å². The van der Waals surface area contributed by atoms with E-state index in [1.165, 1.54) is 6.08 Å². The highest BCUT2D eigenvalue weighted by Gasteiger charge is 2.13. The normalized spacial score (nSPS) is 11.0. The van der Waals surface area contributed by atoms with Crippen LogP contribution in [0.1, 0.15) is 16.7 Å². The molecule has 5 nitrogen and oxygen atoms in total. The van der Waals surface area contributed by atoms with Gasteiger partial charge in [-0.15, -0.1) is 0 Å². The molecule has 0 spiro atoms. The van der Waals surface area contributed by atoms with Gasteiger partial charge < -0.3 is 14.8 Å². The van der Waals surface area contributed by atoms with Crippen LogP contribution in [-0.4, -0.2) is 5.91 Å². The van der Waals surface area contributed by atoms with Gasteiger partial charge in [0.2, 0.25) is 0 Å². The van der Waals surface area contributed by atoms with E-state index < -0.39 is 5.91 Å². The number of rotatable bonds is 9. The smallest absolute Gasteiger partial charge is 0.266 e. The van der Waals surface area contributed by atoms with Crippen molar-refractivity contribution < 1.29 is 14.3 Å². The molecule has 0 heterocycles. The lowest BCUT2D eigenvalue weighted by Gasteiger charge is -2.11. The predicted molar refractivity (Wildman–Crippen MR) is 159 cm³/mol. The van der Waals surface area contributed by atoms with Gasteiger partial charge in [0.25, 0.3) is 5.91 Å². The van der Waals surface area contributed by atoms with Crippen molar-refractivity contribution in [1.82, 2.24) is 0 Å². The molecule has 0 radical (unpaired) electrons. The maximum Gasteiger partial charge on any atom is 0.266 e. The minimum atomic E-state index is -0.558. The van der Waals surface area contributed by atoms with Crippen molar-refractivity contribution in [1.29, 1.82) is 5.26 Å². The summed E-state index contributed by atoms with van der Waals surface area (Å²) >= 11 is 21.7. The van der Waals surface area contributed by atoms with Gasteiger partial charge in [-0.05, 0) is 72.3 Å². The zero-order chi connectivity index (χ0) is 27.8. The van der Waals surface area contributed by atoms with Crippen LogP contribution >= 0.6 is 50.7 Å². The Kier molecular flexibility index (Phi) is 9.91. The van der Waals surface area contributed by atoms with Gasteiger partial charge in [-0.2, -0.15) is 5.26 Å². The minimum absolute atomic E-state index is 0.0912. The number of benzene rings is 4. The number of carbonyl (C=O) groups is 1. The second-order valence-corrected chi connectivity index (χ2v) is 10.4. The third kappa shape index (κ3) is 8.01. The summed E-state index contributed by atoms with van der Waals surface area (Å²) in [5, 5.41) is 14.0. The number of ether oxygens (including phenoxy) is 2. The highest BCUT2D eigenvalue weighted by molar-refractivity contribution is 9.10. The molecular weight excluding hydrogens is 623 g/mol. The lowest BCUT2D eigenvalue weighted by Crippen LogP contribution is -2.13. The Morgan fingerprint density at radius 2 is 1.64 bits per heavy atom. The summed E-state index contributed by atoms with van der Waals surface area (Å²) < 4.78 is 12.5. The molecule has 0 saturated heterocycles. The van der Waals surface area contributed by atoms with Gasteiger partial charge >= 0.3 is 0 Å². The average Bonchev–Trinajstić information content (AvgIpc) is 2.93. The Hall–Kier alpha value is -3.47. The van der Waals surface area contributed by atoms with E-state index >= 15 is 0 Å². The number of amides is 1. The molecule has 196 valence electrons. The quantitative estimate of drug-likeness (QED) is 0.146. The molecule has 0 aliphatic carbocycles. The van der Waals surface area contributed by atoms with Crippen molar-refractivity contribution in [2.24, 2.45) is 0 Å². The molecule has 0 unspecified atom stereocenters. The summed E-state index contributed by atoms with van der Waals surface area (Å²) in [4.78, 5) is 12.9. The van der Waals surface area contributed by atoms with Crippen molar-refractivity contribution >= 4 is 68.4 Å². The number of nitrogens with one attached hydrogen (secondary N) is 1. The first-order valence-corrected chi connectivity index (χ1v) is 13.5. The summed E-state index contributed by atoms with van der Waals surface area (Å²) in [6.07, 6.45) is 1.48. The fraction of sp³-hybridized carbons (Fsp3) is 0.0667. The standard InChI is InChI=1S/C30H20BrCl3N2O3/c31-23-6-12-29(39-17-19-5-11-27(33)28(34)13-19)21(15-23)14-22(16-35)30(37)36-24-7-9-25(10-8-24)38-18-20-3-1-2-4-26(20)32/h1-15H,17-18H2,(H,36,37)/b22-14+. The number of halogens is 4. The molecular formula is C30H20BrCl3N2O3. The third-order valence-corrected chi connectivity index (χ3v) is 7.08. The van der Waals surface area contributed by atoms with E-state index in [1.54, 1.807) is 54.6 Å². The average molecular weight is 643 g/mol. The molecule has 0 saturated carbocycles. The largest absolute Gasteiger partial charge is 0.489 e. The Morgan fingerprint density at radius 3 is 2.36 bits per heavy atom. The van der Waals surface area contributed by atoms with Crippen LogP contribution in [0.5, 0.6) is 11.5 Å². The molecule has 4 rings (SSSR count). The molecule has 0 aliphatic heterocycles. The molecule has 1 N–H and O–H groups in total. The Labute approximate surface area is 249 Å². The fourth-order valence-corrected chi connectivity index (χ4v) is 4.36. The van der Waals surface area contributed by atoms with Gasteiger partial charge in [0.1, 0.15) is 36.4 Å². The SMILES string of the molecule is N#C/C(=C\c1cc(Br)ccc1OCc1ccc(Cl)c(Cl)c1)C(=O)Nc1ccc(OCc2ccccc2Cl)cc1. The van der Waals surface area contributed by atoms with Crippen LogP contribution in [0.15, 0.2) is 95.0 Å². The van der Waals surface area contributed by atoms with Crippen LogP contribution in [0.4, 0.5) is 5.69 Å². The maximum atomic E-state index is 12.9. The van der Waals surface area contributed by atoms with Crippen molar-refractivity contribution in [3.05, 3.63) is 127 Å². The van der Waals surface area contributed by atoms with Gasteiger partial charge in [0.15, 0.2) is 0 Å². The Morgan fingerprint density at radius 1 is 0.872 bits per heavy atom. The van der Waals surface area contributed by atoms with E-state index in [-0.39, 0.29) is 12.2 Å². The summed E-state index contributed by atoms with van der Waals surface area (Å²) in [7, 11) is 0. The number of hydrogen-bond donors (Lipinski definition) is 1. The molecule has 4 aromatic rings. The predicted octanol–water partition coefficient (Wildman–Crippen LogP) is 9.11. The second-order valence-electron chi connectivity index (χ2n) is 8.25. The maximum absolute atomic E-state index is 12.9. The van der Waals surface area contributed by atoms with E-state index in [4.69, 9.17) is 44.3 Å². The monoisotopic (exact) mass is 640 g/mol. The first-order valence-electron chi connectivity index (χ1n) is 11.6. The van der Waals surface area contributed by atoms with E-state index in [0.717, 1.165) is 15.6 Å². The van der Waals surface area contributed by atoms with E-state index in [1.807, 2.05) is 36.4 Å². The van der Waals surface area contributed by atoms with E-state index in [9.17, 15) is 10.1 Å². The van der Waals surface area contributed by atoms with Crippen LogP contribution in [0, 0.1) is 11.3 Å². The first-order chi connectivity index (χ1) is 18.8. The van der Waals surface area contributed by atoms with Crippen molar-refractivity contribution in [3.63, 3.8) is 0 Å². The van der Waals surface area contributed by atoms with Crippen LogP contribution in [-0.2, 0) is 18.0 Å². The van der Waals surface area contributed by atoms with E-state index in [0.29, 0.717) is 44.4 Å². The molecule has 39 heavy (non-hydrogen) atoms. The molecule has 0 atom stereocenters. The van der Waals surface area contributed by atoms with Crippen LogP contribution in [0.3, 0.4) is 0 Å². The molecule has 0 fully saturated rings. The molecule has 0 aromatic heterocycles. The van der Waals surface area contributed by atoms with Crippen molar-refractivity contribution in [2.75, 3.05) is 5.32 Å². The highest BCUT2D eigenvalue weighted by atomic mass is 79.9. The summed E-state index contributed by atoms with van der Waals surface area (Å²) in [5.41, 5.74) is 2.66. The highest BCUT2D eigenvalue weighted by Crippen LogP contribution is 2.28. The molecule has 0 aliphatic rings. The van der Waals surface area contributed by atoms with Crippen molar-refractivity contribution in [2.45, 2.75) is 13.2 Å². The number of hydrogen-bond acceptors (Lipinski definition) is 4. The summed E-state index contributed by atoms with van der Waals surface area (Å²) in [5.74, 6) is 0.546. The Bertz CT molecular complexity index is 1570. The number of nitrogens with zero attached hydrogens (tertiary/aromatic N) is 1. The number of carbonyl (C=O) groups excluding carboxylic acids is 1. The van der Waals surface area contributed by atoms with Gasteiger partial charge in [0, 0.05) is 26.3 Å². The van der Waals surface area contributed by atoms with Crippen LogP contribution in [0.2, 0.25) is 15.1 Å². The van der Waals surface area contributed by atoms with Crippen molar-refractivity contribution in [3.8, 4) is 17.6 Å². The zero-order valence-corrected chi connectivity index (χ0v) is 24.1. The van der Waals surface area contributed by atoms with E-state index in [2.05, 4.69) is 21.2 Å². The topological polar surface area (TPSA) is 71.3 Å². The lowest BCUT2D eigenvalue weighted by molar-refractivity contribution is -0.112. The van der Waals surface area contributed by atoms with Gasteiger partial charge in [-0.3, -0.25) is 4.79 Å². The number of nitriles is 1. The van der Waals surface area contributed by atoms with Crippen LogP contribution < -0.4 is 14.8 Å². The molecule has 1 amide bonds. The second kappa shape index (κ2) is 13.5. The molecule has 9 heteroatoms. The molecule has 0 bridgehead atoms. The first kappa shape index (κ1) is 28.5. The Balaban J connectivity index is 1.43. The van der Waals surface area contributed by atoms with Gasteiger partial charge in [-0.25, -0.2) is 0 Å². The lowest BCUT2D eigenvalue weighted by atomic mass is 10.1.